The molecule has 0 fully saturated rings. The van der Waals surface area contributed by atoms with E-state index in [1.165, 1.54) is 0 Å². The van der Waals surface area contributed by atoms with E-state index in [0.29, 0.717) is 17.3 Å². The molecule has 1 aromatic carbocycles. The highest BCUT2D eigenvalue weighted by Crippen LogP contribution is 2.14. The molecule has 0 aliphatic heterocycles. The number of nitrogens with zero attached hydrogens (tertiary/aromatic N) is 1. The van der Waals surface area contributed by atoms with Crippen LogP contribution in [0.4, 0.5) is 11.4 Å². The van der Waals surface area contributed by atoms with Crippen molar-refractivity contribution >= 4 is 11.4 Å². The van der Waals surface area contributed by atoms with Gasteiger partial charge < -0.3 is 15.5 Å². The van der Waals surface area contributed by atoms with Gasteiger partial charge in [0.15, 0.2) is 0 Å². The van der Waals surface area contributed by atoms with E-state index in [1.807, 2.05) is 14.1 Å². The van der Waals surface area contributed by atoms with Crippen LogP contribution in [0, 0.1) is 5.92 Å². The first-order valence-corrected chi connectivity index (χ1v) is 7.39. The van der Waals surface area contributed by atoms with Gasteiger partial charge in [0.2, 0.25) is 0 Å². The third kappa shape index (κ3) is 4.96. The predicted molar refractivity (Wildman–Crippen MR) is 85.6 cm³/mol. The smallest absolute Gasteiger partial charge is 0.253 e. The first-order chi connectivity index (χ1) is 9.43. The molecule has 2 N–H and O–H groups in total. The zero-order chi connectivity index (χ0) is 15.1. The van der Waals surface area contributed by atoms with Crippen LogP contribution in [-0.2, 0) is 0 Å². The lowest BCUT2D eigenvalue weighted by Gasteiger charge is -2.16. The fourth-order valence-electron chi connectivity index (χ4n) is 1.98. The van der Waals surface area contributed by atoms with Gasteiger partial charge in [-0.05, 0) is 45.8 Å². The Kier molecular flexibility index (Phi) is 6.71. The minimum atomic E-state index is -0.385. The van der Waals surface area contributed by atoms with Gasteiger partial charge in [-0.1, -0.05) is 13.8 Å². The van der Waals surface area contributed by atoms with Gasteiger partial charge in [-0.2, -0.15) is 0 Å². The molecular weight excluding hydrogens is 254 g/mol. The summed E-state index contributed by atoms with van der Waals surface area (Å²) >= 11 is 0. The van der Waals surface area contributed by atoms with Gasteiger partial charge in [0, 0.05) is 13.1 Å². The first kappa shape index (κ1) is 16.7. The summed E-state index contributed by atoms with van der Waals surface area (Å²) in [5.74, 6) is 0.580. The van der Waals surface area contributed by atoms with Crippen LogP contribution in [0.25, 0.3) is 0 Å². The van der Waals surface area contributed by atoms with Crippen LogP contribution in [0.15, 0.2) is 9.59 Å². The van der Waals surface area contributed by atoms with Gasteiger partial charge in [0.1, 0.15) is 11.4 Å². The van der Waals surface area contributed by atoms with Gasteiger partial charge in [-0.3, -0.25) is 9.59 Å². The molecule has 5 nitrogen and oxygen atoms in total. The van der Waals surface area contributed by atoms with Crippen LogP contribution in [0.3, 0.4) is 0 Å². The average Bonchev–Trinajstić information content (AvgIpc) is 2.38. The van der Waals surface area contributed by atoms with Crippen molar-refractivity contribution in [3.8, 4) is 0 Å². The predicted octanol–water partition coefficient (Wildman–Crippen LogP) is 1.49. The summed E-state index contributed by atoms with van der Waals surface area (Å²) in [6.07, 6.45) is 3.05. The molecule has 1 rings (SSSR count). The quantitative estimate of drug-likeness (QED) is 0.503. The molecule has 0 spiro atoms. The molecule has 0 aliphatic carbocycles. The van der Waals surface area contributed by atoms with Gasteiger partial charge in [0.25, 0.3) is 10.9 Å². The number of anilines is 2. The average molecular weight is 281 g/mol. The summed E-state index contributed by atoms with van der Waals surface area (Å²) in [6, 6.07) is 0. The van der Waals surface area contributed by atoms with E-state index in [-0.39, 0.29) is 10.9 Å². The molecule has 5 heteroatoms. The third-order valence-corrected chi connectivity index (χ3v) is 3.27. The summed E-state index contributed by atoms with van der Waals surface area (Å²) in [6.45, 7) is 6.77. The molecule has 0 saturated carbocycles. The molecule has 0 bridgehead atoms. The maximum Gasteiger partial charge on any atom is 0.253 e. The largest absolute Gasteiger partial charge is 0.380 e. The van der Waals surface area contributed by atoms with Crippen molar-refractivity contribution in [3.63, 3.8) is 0 Å². The molecule has 0 aromatic heterocycles. The van der Waals surface area contributed by atoms with Gasteiger partial charge in [0.05, 0.1) is 0 Å². The lowest BCUT2D eigenvalue weighted by molar-refractivity contribution is 0.396. The van der Waals surface area contributed by atoms with Gasteiger partial charge in [-0.25, -0.2) is 0 Å². The summed E-state index contributed by atoms with van der Waals surface area (Å²) in [4.78, 5) is 25.2. The normalized spacial score (nSPS) is 11.5. The topological polar surface area (TPSA) is 61.4 Å². The number of nitrogens with one attached hydrogen (secondary N) is 2. The fourth-order valence-corrected chi connectivity index (χ4v) is 1.98. The molecule has 0 aliphatic rings. The van der Waals surface area contributed by atoms with Crippen molar-refractivity contribution in [3.05, 3.63) is 20.4 Å². The van der Waals surface area contributed by atoms with Crippen LogP contribution >= 0.6 is 0 Å². The maximum absolute atomic E-state index is 11.5. The SMILES string of the molecule is CC(C)CCNc1c(NCCCCN(C)C)c(=O)c1=O. The highest BCUT2D eigenvalue weighted by molar-refractivity contribution is 5.73. The Morgan fingerprint density at radius 2 is 1.50 bits per heavy atom. The second-order valence-corrected chi connectivity index (χ2v) is 5.95. The Hall–Kier alpha value is -1.36. The van der Waals surface area contributed by atoms with Crippen LogP contribution in [0.1, 0.15) is 33.1 Å². The Balaban J connectivity index is 2.36. The van der Waals surface area contributed by atoms with E-state index in [1.54, 1.807) is 0 Å². The molecule has 0 saturated heterocycles. The minimum Gasteiger partial charge on any atom is -0.380 e. The first-order valence-electron chi connectivity index (χ1n) is 7.39. The molecular formula is C15H27N3O2. The molecule has 0 heterocycles. The van der Waals surface area contributed by atoms with Crippen molar-refractivity contribution < 1.29 is 0 Å². The molecule has 0 atom stereocenters. The Morgan fingerprint density at radius 3 is 2.00 bits per heavy atom. The zero-order valence-electron chi connectivity index (χ0n) is 13.1. The monoisotopic (exact) mass is 281 g/mol. The number of unbranched alkanes of at least 4 members (excludes halogenated alkanes) is 1. The van der Waals surface area contributed by atoms with Crippen molar-refractivity contribution in [2.24, 2.45) is 5.92 Å². The Morgan fingerprint density at radius 1 is 0.950 bits per heavy atom. The third-order valence-electron chi connectivity index (χ3n) is 3.27. The second-order valence-electron chi connectivity index (χ2n) is 5.95. The van der Waals surface area contributed by atoms with Crippen LogP contribution in [0.5, 0.6) is 0 Å². The van der Waals surface area contributed by atoms with E-state index in [4.69, 9.17) is 0 Å². The van der Waals surface area contributed by atoms with E-state index in [2.05, 4.69) is 29.4 Å². The lowest BCUT2D eigenvalue weighted by atomic mass is 10.1. The molecule has 0 radical (unpaired) electrons. The molecule has 0 unspecified atom stereocenters. The van der Waals surface area contributed by atoms with Crippen molar-refractivity contribution in [2.75, 3.05) is 44.4 Å². The summed E-state index contributed by atoms with van der Waals surface area (Å²) in [7, 11) is 4.08. The second kappa shape index (κ2) is 8.04. The van der Waals surface area contributed by atoms with Crippen molar-refractivity contribution in [1.29, 1.82) is 0 Å². The maximum atomic E-state index is 11.5. The van der Waals surface area contributed by atoms with Crippen LogP contribution < -0.4 is 21.5 Å². The number of hydrogen-bond acceptors (Lipinski definition) is 5. The van der Waals surface area contributed by atoms with Crippen LogP contribution in [-0.4, -0.2) is 38.6 Å². The zero-order valence-corrected chi connectivity index (χ0v) is 13.1. The molecule has 1 aromatic rings. The number of hydrogen-bond donors (Lipinski definition) is 2. The number of rotatable bonds is 10. The van der Waals surface area contributed by atoms with E-state index >= 15 is 0 Å². The van der Waals surface area contributed by atoms with E-state index in [0.717, 1.165) is 38.9 Å². The summed E-state index contributed by atoms with van der Waals surface area (Å²) in [5.41, 5.74) is 0.182. The minimum absolute atomic E-state index is 0.385. The Labute approximate surface area is 121 Å². The van der Waals surface area contributed by atoms with E-state index in [9.17, 15) is 9.59 Å². The molecule has 0 amide bonds. The highest BCUT2D eigenvalue weighted by atomic mass is 16.2. The molecule has 20 heavy (non-hydrogen) atoms. The molecule has 114 valence electrons. The Bertz CT molecular complexity index is 473. The van der Waals surface area contributed by atoms with Crippen LogP contribution in [0.2, 0.25) is 0 Å². The van der Waals surface area contributed by atoms with Gasteiger partial charge >= 0.3 is 0 Å². The van der Waals surface area contributed by atoms with E-state index < -0.39 is 0 Å². The summed E-state index contributed by atoms with van der Waals surface area (Å²) in [5, 5.41) is 6.17. The summed E-state index contributed by atoms with van der Waals surface area (Å²) < 4.78 is 0. The lowest BCUT2D eigenvalue weighted by Crippen LogP contribution is -2.37. The highest BCUT2D eigenvalue weighted by Gasteiger charge is 2.19. The standard InChI is InChI=1S/C15H27N3O2/c1-11(2)7-9-17-13-12(14(19)15(13)20)16-8-5-6-10-18(3)4/h11,16-17H,5-10H2,1-4H3. The van der Waals surface area contributed by atoms with Gasteiger partial charge in [-0.15, -0.1) is 0 Å². The van der Waals surface area contributed by atoms with Crippen molar-refractivity contribution in [1.82, 2.24) is 4.90 Å². The van der Waals surface area contributed by atoms with Crippen molar-refractivity contribution in [2.45, 2.75) is 33.1 Å². The fraction of sp³-hybridized carbons (Fsp3) is 0.733.